The first-order valence-corrected chi connectivity index (χ1v) is 6.03. The van der Waals surface area contributed by atoms with E-state index in [9.17, 15) is 4.79 Å². The fraction of sp³-hybridized carbons (Fsp3) is 0.417. The Hall–Kier alpha value is -1.95. The van der Waals surface area contributed by atoms with Crippen LogP contribution in [-0.2, 0) is 4.74 Å². The molecule has 1 fully saturated rings. The number of fused-ring (bicyclic) bond motifs is 1. The highest BCUT2D eigenvalue weighted by molar-refractivity contribution is 5.93. The van der Waals surface area contributed by atoms with Gasteiger partial charge in [-0.2, -0.15) is 5.10 Å². The molecule has 6 nitrogen and oxygen atoms in total. The summed E-state index contributed by atoms with van der Waals surface area (Å²) >= 11 is 0. The number of aromatic nitrogens is 3. The molecular formula is C12H14N4O2. The summed E-state index contributed by atoms with van der Waals surface area (Å²) in [5, 5.41) is 6.99. The summed E-state index contributed by atoms with van der Waals surface area (Å²) in [6.07, 6.45) is 5.65. The van der Waals surface area contributed by atoms with Crippen LogP contribution >= 0.6 is 0 Å². The van der Waals surface area contributed by atoms with Crippen molar-refractivity contribution in [1.82, 2.24) is 19.9 Å². The zero-order chi connectivity index (χ0) is 12.4. The lowest BCUT2D eigenvalue weighted by Crippen LogP contribution is -2.32. The molecule has 2 aromatic heterocycles. The van der Waals surface area contributed by atoms with E-state index in [1.165, 1.54) is 0 Å². The molecule has 1 saturated heterocycles. The maximum absolute atomic E-state index is 11.9. The van der Waals surface area contributed by atoms with Gasteiger partial charge in [-0.1, -0.05) is 0 Å². The smallest absolute Gasteiger partial charge is 0.271 e. The van der Waals surface area contributed by atoms with Crippen LogP contribution in [0.3, 0.4) is 0 Å². The van der Waals surface area contributed by atoms with E-state index in [2.05, 4.69) is 15.4 Å². The first-order chi connectivity index (χ1) is 8.83. The molecule has 0 spiro atoms. The van der Waals surface area contributed by atoms with Crippen LogP contribution in [0.15, 0.2) is 24.5 Å². The van der Waals surface area contributed by atoms with Crippen molar-refractivity contribution in [2.45, 2.75) is 18.9 Å². The van der Waals surface area contributed by atoms with E-state index in [1.807, 2.05) is 0 Å². The SMILES string of the molecule is O=C(NCC1CCCO1)c1cc2ncccn2n1. The van der Waals surface area contributed by atoms with Gasteiger partial charge in [0.25, 0.3) is 5.91 Å². The van der Waals surface area contributed by atoms with Crippen molar-refractivity contribution in [3.8, 4) is 0 Å². The normalized spacial score (nSPS) is 19.2. The van der Waals surface area contributed by atoms with Gasteiger partial charge in [0.05, 0.1) is 6.10 Å². The fourth-order valence-corrected chi connectivity index (χ4v) is 2.04. The molecule has 3 rings (SSSR count). The Morgan fingerprint density at radius 2 is 2.56 bits per heavy atom. The summed E-state index contributed by atoms with van der Waals surface area (Å²) in [5.41, 5.74) is 1.05. The maximum atomic E-state index is 11.9. The Balaban J connectivity index is 1.67. The molecular weight excluding hydrogens is 232 g/mol. The molecule has 1 unspecified atom stereocenters. The van der Waals surface area contributed by atoms with Crippen LogP contribution in [0.5, 0.6) is 0 Å². The number of carbonyl (C=O) groups is 1. The molecule has 0 radical (unpaired) electrons. The maximum Gasteiger partial charge on any atom is 0.271 e. The molecule has 18 heavy (non-hydrogen) atoms. The second-order valence-electron chi connectivity index (χ2n) is 4.30. The van der Waals surface area contributed by atoms with Gasteiger partial charge in [-0.05, 0) is 18.9 Å². The molecule has 0 saturated carbocycles. The van der Waals surface area contributed by atoms with E-state index < -0.39 is 0 Å². The molecule has 3 heterocycles. The summed E-state index contributed by atoms with van der Waals surface area (Å²) in [4.78, 5) is 16.0. The Morgan fingerprint density at radius 3 is 3.33 bits per heavy atom. The predicted molar refractivity (Wildman–Crippen MR) is 64.3 cm³/mol. The molecule has 1 amide bonds. The molecule has 1 aliphatic rings. The highest BCUT2D eigenvalue weighted by Gasteiger charge is 2.17. The predicted octanol–water partition coefficient (Wildman–Crippen LogP) is 0.638. The van der Waals surface area contributed by atoms with Gasteiger partial charge in [-0.25, -0.2) is 9.50 Å². The second kappa shape index (κ2) is 4.73. The number of hydrogen-bond acceptors (Lipinski definition) is 4. The monoisotopic (exact) mass is 246 g/mol. The van der Waals surface area contributed by atoms with Crippen LogP contribution in [0.2, 0.25) is 0 Å². The number of carbonyl (C=O) groups excluding carboxylic acids is 1. The summed E-state index contributed by atoms with van der Waals surface area (Å²) in [5.74, 6) is -0.184. The third-order valence-corrected chi connectivity index (χ3v) is 2.98. The van der Waals surface area contributed by atoms with Crippen LogP contribution in [0, 0.1) is 0 Å². The van der Waals surface area contributed by atoms with Crippen molar-refractivity contribution in [2.75, 3.05) is 13.2 Å². The van der Waals surface area contributed by atoms with Crippen LogP contribution < -0.4 is 5.32 Å². The minimum Gasteiger partial charge on any atom is -0.376 e. The number of nitrogens with zero attached hydrogens (tertiary/aromatic N) is 3. The highest BCUT2D eigenvalue weighted by atomic mass is 16.5. The van der Waals surface area contributed by atoms with Crippen molar-refractivity contribution < 1.29 is 9.53 Å². The lowest BCUT2D eigenvalue weighted by Gasteiger charge is -2.09. The number of amides is 1. The van der Waals surface area contributed by atoms with E-state index in [-0.39, 0.29) is 12.0 Å². The number of nitrogens with one attached hydrogen (secondary N) is 1. The van der Waals surface area contributed by atoms with Gasteiger partial charge in [0, 0.05) is 31.6 Å². The molecule has 2 aromatic rings. The molecule has 0 bridgehead atoms. The van der Waals surface area contributed by atoms with E-state index in [1.54, 1.807) is 29.0 Å². The average molecular weight is 246 g/mol. The molecule has 0 aromatic carbocycles. The van der Waals surface area contributed by atoms with Gasteiger partial charge in [0.1, 0.15) is 0 Å². The summed E-state index contributed by atoms with van der Waals surface area (Å²) < 4.78 is 7.03. The minimum atomic E-state index is -0.184. The van der Waals surface area contributed by atoms with Gasteiger partial charge in [-0.3, -0.25) is 4.79 Å². The van der Waals surface area contributed by atoms with E-state index in [4.69, 9.17) is 4.74 Å². The van der Waals surface area contributed by atoms with Crippen molar-refractivity contribution >= 4 is 11.6 Å². The van der Waals surface area contributed by atoms with Crippen molar-refractivity contribution in [3.63, 3.8) is 0 Å². The van der Waals surface area contributed by atoms with E-state index in [0.717, 1.165) is 19.4 Å². The fourth-order valence-electron chi connectivity index (χ4n) is 2.04. The largest absolute Gasteiger partial charge is 0.376 e. The third kappa shape index (κ3) is 2.19. The quantitative estimate of drug-likeness (QED) is 0.862. The van der Waals surface area contributed by atoms with Crippen molar-refractivity contribution in [2.24, 2.45) is 0 Å². The lowest BCUT2D eigenvalue weighted by molar-refractivity contribution is 0.0853. The first kappa shape index (κ1) is 11.2. The lowest BCUT2D eigenvalue weighted by atomic mass is 10.2. The summed E-state index contributed by atoms with van der Waals surface area (Å²) in [7, 11) is 0. The number of rotatable bonds is 3. The third-order valence-electron chi connectivity index (χ3n) is 2.98. The zero-order valence-corrected chi connectivity index (χ0v) is 9.87. The highest BCUT2D eigenvalue weighted by Crippen LogP contribution is 2.11. The molecule has 1 aliphatic heterocycles. The van der Waals surface area contributed by atoms with Gasteiger partial charge < -0.3 is 10.1 Å². The Kier molecular flexibility index (Phi) is 2.93. The molecule has 94 valence electrons. The van der Waals surface area contributed by atoms with Crippen molar-refractivity contribution in [3.05, 3.63) is 30.2 Å². The van der Waals surface area contributed by atoms with Crippen LogP contribution in [0.4, 0.5) is 0 Å². The number of ether oxygens (including phenoxy) is 1. The number of hydrogen-bond donors (Lipinski definition) is 1. The standard InChI is InChI=1S/C12H14N4O2/c17-12(14-8-9-3-1-6-18-9)10-7-11-13-4-2-5-16(11)15-10/h2,4-5,7,9H,1,3,6,8H2,(H,14,17). The topological polar surface area (TPSA) is 68.5 Å². The summed E-state index contributed by atoms with van der Waals surface area (Å²) in [6.45, 7) is 1.33. The summed E-state index contributed by atoms with van der Waals surface area (Å²) in [6, 6.07) is 3.44. The average Bonchev–Trinajstić information content (AvgIpc) is 3.04. The molecule has 1 atom stereocenters. The van der Waals surface area contributed by atoms with E-state index >= 15 is 0 Å². The van der Waals surface area contributed by atoms with Crippen molar-refractivity contribution in [1.29, 1.82) is 0 Å². The van der Waals surface area contributed by atoms with Crippen LogP contribution in [0.1, 0.15) is 23.3 Å². The van der Waals surface area contributed by atoms with Gasteiger partial charge >= 0.3 is 0 Å². The Labute approximate surface area is 104 Å². The zero-order valence-electron chi connectivity index (χ0n) is 9.87. The Morgan fingerprint density at radius 1 is 1.61 bits per heavy atom. The molecule has 0 aliphatic carbocycles. The second-order valence-corrected chi connectivity index (χ2v) is 4.30. The first-order valence-electron chi connectivity index (χ1n) is 6.03. The van der Waals surface area contributed by atoms with Gasteiger partial charge in [-0.15, -0.1) is 0 Å². The van der Waals surface area contributed by atoms with Gasteiger partial charge in [0.15, 0.2) is 11.3 Å². The molecule has 1 N–H and O–H groups in total. The van der Waals surface area contributed by atoms with Crippen LogP contribution in [0.25, 0.3) is 5.65 Å². The van der Waals surface area contributed by atoms with Crippen LogP contribution in [-0.4, -0.2) is 39.8 Å². The van der Waals surface area contributed by atoms with E-state index in [0.29, 0.717) is 17.9 Å². The van der Waals surface area contributed by atoms with Gasteiger partial charge in [0.2, 0.25) is 0 Å². The Bertz CT molecular complexity index is 527. The minimum absolute atomic E-state index is 0.143. The molecule has 6 heteroatoms.